The Morgan fingerprint density at radius 2 is 2.08 bits per heavy atom. The van der Waals surface area contributed by atoms with E-state index in [0.29, 0.717) is 12.1 Å². The molecular weight excluding hydrogens is 330 g/mol. The van der Waals surface area contributed by atoms with E-state index < -0.39 is 0 Å². The van der Waals surface area contributed by atoms with Gasteiger partial charge in [0.05, 0.1) is 38.0 Å². The predicted octanol–water partition coefficient (Wildman–Crippen LogP) is 3.38. The fourth-order valence-corrected chi connectivity index (χ4v) is 3.24. The van der Waals surface area contributed by atoms with Crippen LogP contribution in [0, 0.1) is 0 Å². The zero-order valence-electron chi connectivity index (χ0n) is 14.9. The van der Waals surface area contributed by atoms with E-state index in [-0.39, 0.29) is 11.9 Å². The first kappa shape index (κ1) is 16.4. The van der Waals surface area contributed by atoms with E-state index in [1.54, 1.807) is 20.4 Å². The second-order valence-corrected chi connectivity index (χ2v) is 6.48. The monoisotopic (exact) mass is 351 g/mol. The van der Waals surface area contributed by atoms with Gasteiger partial charge >= 0.3 is 0 Å². The molecule has 0 saturated heterocycles. The molecule has 1 heterocycles. The summed E-state index contributed by atoms with van der Waals surface area (Å²) in [4.78, 5) is 15.2. The quantitative estimate of drug-likeness (QED) is 0.739. The number of nitrogens with one attached hydrogen (secondary N) is 1. The van der Waals surface area contributed by atoms with Crippen LogP contribution < -0.4 is 9.47 Å². The third kappa shape index (κ3) is 2.98. The standard InChI is InChI=1S/C20H21N3O3/c1-25-16-8-9-18(26-2)14(10-16)12-23(15-6-7-15)20(24)17-5-3-4-13-11-21-22-19(13)17/h3-5,8-11,15H,6-7,12H2,1-2H3,(H,21,22). The first-order chi connectivity index (χ1) is 12.7. The Morgan fingerprint density at radius 1 is 1.23 bits per heavy atom. The number of amides is 1. The predicted molar refractivity (Wildman–Crippen MR) is 98.5 cm³/mol. The summed E-state index contributed by atoms with van der Waals surface area (Å²) in [5.41, 5.74) is 2.36. The van der Waals surface area contributed by atoms with Crippen molar-refractivity contribution >= 4 is 16.8 Å². The minimum absolute atomic E-state index is 0.00669. The zero-order valence-corrected chi connectivity index (χ0v) is 14.9. The average Bonchev–Trinajstić information content (AvgIpc) is 3.40. The molecule has 0 radical (unpaired) electrons. The van der Waals surface area contributed by atoms with Gasteiger partial charge in [-0.3, -0.25) is 9.89 Å². The smallest absolute Gasteiger partial charge is 0.256 e. The molecule has 6 nitrogen and oxygen atoms in total. The van der Waals surface area contributed by atoms with Crippen molar-refractivity contribution in [1.29, 1.82) is 0 Å². The lowest BCUT2D eigenvalue weighted by Gasteiger charge is -2.24. The van der Waals surface area contributed by atoms with Crippen LogP contribution >= 0.6 is 0 Å². The van der Waals surface area contributed by atoms with E-state index in [1.807, 2.05) is 41.3 Å². The summed E-state index contributed by atoms with van der Waals surface area (Å²) in [6, 6.07) is 11.6. The molecule has 1 fully saturated rings. The van der Waals surface area contributed by atoms with Crippen molar-refractivity contribution in [3.05, 3.63) is 53.7 Å². The summed E-state index contributed by atoms with van der Waals surface area (Å²) in [7, 11) is 3.27. The molecule has 0 bridgehead atoms. The van der Waals surface area contributed by atoms with Crippen LogP contribution in [0.5, 0.6) is 11.5 Å². The number of rotatable bonds is 6. The van der Waals surface area contributed by atoms with Crippen LogP contribution in [0.15, 0.2) is 42.6 Å². The minimum Gasteiger partial charge on any atom is -0.497 e. The van der Waals surface area contributed by atoms with Gasteiger partial charge < -0.3 is 14.4 Å². The van der Waals surface area contributed by atoms with Gasteiger partial charge in [0.25, 0.3) is 5.91 Å². The van der Waals surface area contributed by atoms with E-state index in [2.05, 4.69) is 10.2 Å². The highest BCUT2D eigenvalue weighted by Gasteiger charge is 2.34. The van der Waals surface area contributed by atoms with Crippen LogP contribution in [-0.4, -0.2) is 41.3 Å². The molecule has 0 spiro atoms. The Kier molecular flexibility index (Phi) is 4.24. The molecule has 0 unspecified atom stereocenters. The summed E-state index contributed by atoms with van der Waals surface area (Å²) >= 11 is 0. The number of aromatic amines is 1. The number of hydrogen-bond acceptors (Lipinski definition) is 4. The number of benzene rings is 2. The van der Waals surface area contributed by atoms with E-state index in [4.69, 9.17) is 9.47 Å². The maximum absolute atomic E-state index is 13.3. The van der Waals surface area contributed by atoms with Crippen LogP contribution in [0.3, 0.4) is 0 Å². The summed E-state index contributed by atoms with van der Waals surface area (Å²) < 4.78 is 10.8. The fourth-order valence-electron chi connectivity index (χ4n) is 3.24. The van der Waals surface area contributed by atoms with Gasteiger partial charge in [-0.1, -0.05) is 12.1 Å². The van der Waals surface area contributed by atoms with E-state index in [0.717, 1.165) is 40.8 Å². The molecule has 0 atom stereocenters. The van der Waals surface area contributed by atoms with Crippen LogP contribution in [0.2, 0.25) is 0 Å². The molecule has 1 aromatic heterocycles. The van der Waals surface area contributed by atoms with Gasteiger partial charge in [0.15, 0.2) is 0 Å². The summed E-state index contributed by atoms with van der Waals surface area (Å²) in [5.74, 6) is 1.51. The maximum Gasteiger partial charge on any atom is 0.256 e. The van der Waals surface area contributed by atoms with Crippen LogP contribution in [-0.2, 0) is 6.54 Å². The molecule has 1 aliphatic rings. The lowest BCUT2D eigenvalue weighted by atomic mass is 10.1. The highest BCUT2D eigenvalue weighted by Crippen LogP contribution is 2.33. The molecule has 1 saturated carbocycles. The number of nitrogens with zero attached hydrogens (tertiary/aromatic N) is 2. The van der Waals surface area contributed by atoms with Crippen molar-refractivity contribution < 1.29 is 14.3 Å². The van der Waals surface area contributed by atoms with Crippen molar-refractivity contribution in [2.24, 2.45) is 0 Å². The van der Waals surface area contributed by atoms with Crippen molar-refractivity contribution in [3.8, 4) is 11.5 Å². The summed E-state index contributed by atoms with van der Waals surface area (Å²) in [5, 5.41) is 7.95. The number of methoxy groups -OCH3 is 2. The number of aromatic nitrogens is 2. The molecule has 134 valence electrons. The Balaban J connectivity index is 1.69. The Morgan fingerprint density at radius 3 is 2.81 bits per heavy atom. The fraction of sp³-hybridized carbons (Fsp3) is 0.300. The average molecular weight is 351 g/mol. The third-order valence-electron chi connectivity index (χ3n) is 4.78. The summed E-state index contributed by atoms with van der Waals surface area (Å²) in [6.45, 7) is 0.481. The van der Waals surface area contributed by atoms with Gasteiger partial charge in [-0.2, -0.15) is 5.10 Å². The van der Waals surface area contributed by atoms with Crippen molar-refractivity contribution in [2.75, 3.05) is 14.2 Å². The normalized spacial score (nSPS) is 13.6. The minimum atomic E-state index is 0.00669. The number of ether oxygens (including phenoxy) is 2. The van der Waals surface area contributed by atoms with Gasteiger partial charge in [-0.05, 0) is 37.1 Å². The van der Waals surface area contributed by atoms with E-state index >= 15 is 0 Å². The SMILES string of the molecule is COc1ccc(OC)c(CN(C(=O)c2cccc3cn[nH]c23)C2CC2)c1. The Hall–Kier alpha value is -3.02. The zero-order chi connectivity index (χ0) is 18.1. The highest BCUT2D eigenvalue weighted by molar-refractivity contribution is 6.05. The number of carbonyl (C=O) groups is 1. The lowest BCUT2D eigenvalue weighted by molar-refractivity contribution is 0.0730. The molecule has 6 heteroatoms. The number of hydrogen-bond donors (Lipinski definition) is 1. The first-order valence-corrected chi connectivity index (χ1v) is 8.65. The van der Waals surface area contributed by atoms with Crippen molar-refractivity contribution in [3.63, 3.8) is 0 Å². The van der Waals surface area contributed by atoms with Crippen LogP contribution in [0.1, 0.15) is 28.8 Å². The van der Waals surface area contributed by atoms with Crippen molar-refractivity contribution in [1.82, 2.24) is 15.1 Å². The van der Waals surface area contributed by atoms with E-state index in [1.165, 1.54) is 0 Å². The van der Waals surface area contributed by atoms with Crippen molar-refractivity contribution in [2.45, 2.75) is 25.4 Å². The molecule has 4 rings (SSSR count). The molecule has 26 heavy (non-hydrogen) atoms. The van der Waals surface area contributed by atoms with Gasteiger partial charge in [0, 0.05) is 17.0 Å². The van der Waals surface area contributed by atoms with Gasteiger partial charge in [0.2, 0.25) is 0 Å². The Labute approximate surface area is 151 Å². The second kappa shape index (κ2) is 6.71. The lowest BCUT2D eigenvalue weighted by Crippen LogP contribution is -2.33. The topological polar surface area (TPSA) is 67.5 Å². The largest absolute Gasteiger partial charge is 0.497 e. The maximum atomic E-state index is 13.3. The van der Waals surface area contributed by atoms with Crippen LogP contribution in [0.4, 0.5) is 0 Å². The van der Waals surface area contributed by atoms with Gasteiger partial charge in [-0.15, -0.1) is 0 Å². The molecule has 1 N–H and O–H groups in total. The molecule has 2 aromatic carbocycles. The number of para-hydroxylation sites is 1. The van der Waals surface area contributed by atoms with Gasteiger partial charge in [0.1, 0.15) is 11.5 Å². The molecule has 3 aromatic rings. The number of fused-ring (bicyclic) bond motifs is 1. The Bertz CT molecular complexity index is 946. The molecule has 1 amide bonds. The van der Waals surface area contributed by atoms with E-state index in [9.17, 15) is 4.79 Å². The second-order valence-electron chi connectivity index (χ2n) is 6.48. The number of H-pyrrole nitrogens is 1. The third-order valence-corrected chi connectivity index (χ3v) is 4.78. The number of carbonyl (C=O) groups excluding carboxylic acids is 1. The van der Waals surface area contributed by atoms with Gasteiger partial charge in [-0.25, -0.2) is 0 Å². The molecule has 0 aliphatic heterocycles. The molecular formula is C20H21N3O3. The highest BCUT2D eigenvalue weighted by atomic mass is 16.5. The molecule has 1 aliphatic carbocycles. The summed E-state index contributed by atoms with van der Waals surface area (Å²) in [6.07, 6.45) is 3.78. The van der Waals surface area contributed by atoms with Crippen LogP contribution in [0.25, 0.3) is 10.9 Å². The first-order valence-electron chi connectivity index (χ1n) is 8.65.